The van der Waals surface area contributed by atoms with Crippen LogP contribution in [-0.2, 0) is 33.0 Å². The molecular weight excluding hydrogens is 403 g/mol. The Hall–Kier alpha value is -1.07. The first-order valence-corrected chi connectivity index (χ1v) is 10.1. The van der Waals surface area contributed by atoms with Crippen molar-refractivity contribution < 1.29 is 35.2 Å². The van der Waals surface area contributed by atoms with E-state index < -0.39 is 7.60 Å². The Kier molecular flexibility index (Phi) is 10.1. The fourth-order valence-electron chi connectivity index (χ4n) is 2.44. The molecule has 2 aromatic rings. The van der Waals surface area contributed by atoms with Crippen LogP contribution in [-0.4, -0.2) is 24.4 Å². The smallest absolute Gasteiger partial charge is 0.337 e. The van der Waals surface area contributed by atoms with Crippen molar-refractivity contribution in [2.75, 3.05) is 19.4 Å². The number of nitrogens with zero attached hydrogens (tertiary/aromatic N) is 2. The normalized spacial score (nSPS) is 11.1. The molecule has 0 aliphatic carbocycles. The second-order valence-electron chi connectivity index (χ2n) is 5.47. The highest BCUT2D eigenvalue weighted by Gasteiger charge is 2.25. The van der Waals surface area contributed by atoms with Crippen molar-refractivity contribution in [2.24, 2.45) is 0 Å². The number of hydrogen-bond acceptors (Lipinski definition) is 4. The Balaban J connectivity index is 0.00000312. The van der Waals surface area contributed by atoms with Crippen LogP contribution in [0, 0.1) is 0 Å². The topological polar surface area (TPSA) is 52.3 Å². The van der Waals surface area contributed by atoms with Crippen molar-refractivity contribution in [3.63, 3.8) is 0 Å². The summed E-state index contributed by atoms with van der Waals surface area (Å²) in [6.45, 7) is 5.07. The average molecular weight is 429 g/mol. The standard InChI is InChI=1S/C18H26N2O3P.BrH/c1-3-22-24(21,23-4-2)16-15-20-13-9-18(10-14-20)6-5-17-7-11-19-12-8-17;/h7-14H,3-6,15-16H2,1-2H3;1H/q+1;/p-1. The van der Waals surface area contributed by atoms with Crippen molar-refractivity contribution in [3.8, 4) is 0 Å². The number of hydrogen-bond donors (Lipinski definition) is 0. The summed E-state index contributed by atoms with van der Waals surface area (Å²) in [6.07, 6.45) is 10.0. The number of rotatable bonds is 10. The SMILES string of the molecule is CCOP(=O)(CC[n+]1ccc(CCc2ccncc2)cc1)OCC.[Br-]. The first kappa shape index (κ1) is 22.0. The third kappa shape index (κ3) is 7.78. The number of pyridine rings is 2. The highest BCUT2D eigenvalue weighted by molar-refractivity contribution is 7.53. The monoisotopic (exact) mass is 428 g/mol. The van der Waals surface area contributed by atoms with Gasteiger partial charge in [-0.15, -0.1) is 0 Å². The lowest BCUT2D eigenvalue weighted by Gasteiger charge is -2.15. The van der Waals surface area contributed by atoms with Gasteiger partial charge < -0.3 is 26.0 Å². The second-order valence-corrected chi connectivity index (χ2v) is 7.66. The van der Waals surface area contributed by atoms with Gasteiger partial charge in [-0.3, -0.25) is 9.55 Å². The van der Waals surface area contributed by atoms with E-state index in [0.29, 0.717) is 25.9 Å². The van der Waals surface area contributed by atoms with E-state index in [1.807, 2.05) is 55.3 Å². The van der Waals surface area contributed by atoms with Crippen LogP contribution in [0.15, 0.2) is 49.1 Å². The summed E-state index contributed by atoms with van der Waals surface area (Å²) in [6, 6.07) is 8.30. The molecule has 0 fully saturated rings. The van der Waals surface area contributed by atoms with Crippen molar-refractivity contribution in [1.29, 1.82) is 0 Å². The molecule has 0 saturated heterocycles. The summed E-state index contributed by atoms with van der Waals surface area (Å²) in [7, 11) is -2.98. The molecule has 0 unspecified atom stereocenters. The van der Waals surface area contributed by atoms with Gasteiger partial charge in [0.05, 0.1) is 13.2 Å². The summed E-state index contributed by atoms with van der Waals surface area (Å²) in [4.78, 5) is 4.03. The van der Waals surface area contributed by atoms with Gasteiger partial charge in [0, 0.05) is 24.5 Å². The Morgan fingerprint density at radius 3 is 2.00 bits per heavy atom. The van der Waals surface area contributed by atoms with Gasteiger partial charge in [-0.2, -0.15) is 0 Å². The van der Waals surface area contributed by atoms with Gasteiger partial charge in [0.1, 0.15) is 6.16 Å². The van der Waals surface area contributed by atoms with Crippen LogP contribution in [0.5, 0.6) is 0 Å². The fourth-order valence-corrected chi connectivity index (χ4v) is 4.04. The van der Waals surface area contributed by atoms with Gasteiger partial charge in [-0.05, 0) is 49.9 Å². The lowest BCUT2D eigenvalue weighted by atomic mass is 10.1. The Labute approximate surface area is 160 Å². The van der Waals surface area contributed by atoms with Crippen LogP contribution in [0.3, 0.4) is 0 Å². The third-order valence-corrected chi connectivity index (χ3v) is 5.75. The lowest BCUT2D eigenvalue weighted by molar-refractivity contribution is -0.692. The van der Waals surface area contributed by atoms with E-state index in [4.69, 9.17) is 9.05 Å². The molecule has 2 heterocycles. The van der Waals surface area contributed by atoms with E-state index in [0.717, 1.165) is 12.8 Å². The Morgan fingerprint density at radius 1 is 0.960 bits per heavy atom. The van der Waals surface area contributed by atoms with Crippen molar-refractivity contribution in [2.45, 2.75) is 33.2 Å². The minimum atomic E-state index is -2.98. The molecule has 2 rings (SSSR count). The molecule has 0 aliphatic heterocycles. The summed E-state index contributed by atoms with van der Waals surface area (Å²) in [5.74, 6) is 0. The predicted molar refractivity (Wildman–Crippen MR) is 94.0 cm³/mol. The molecule has 0 N–H and O–H groups in total. The number of aromatic nitrogens is 2. The van der Waals surface area contributed by atoms with Crippen LogP contribution in [0.25, 0.3) is 0 Å². The van der Waals surface area contributed by atoms with Crippen LogP contribution in [0.2, 0.25) is 0 Å². The van der Waals surface area contributed by atoms with Gasteiger partial charge in [0.15, 0.2) is 18.9 Å². The van der Waals surface area contributed by atoms with Gasteiger partial charge in [-0.1, -0.05) is 0 Å². The van der Waals surface area contributed by atoms with E-state index in [2.05, 4.69) is 17.1 Å². The zero-order chi connectivity index (χ0) is 17.3. The van der Waals surface area contributed by atoms with Gasteiger partial charge >= 0.3 is 7.60 Å². The van der Waals surface area contributed by atoms with Crippen molar-refractivity contribution in [1.82, 2.24) is 4.98 Å². The highest BCUT2D eigenvalue weighted by Crippen LogP contribution is 2.47. The zero-order valence-electron chi connectivity index (χ0n) is 14.8. The Bertz CT molecular complexity index is 643. The molecule has 0 amide bonds. The fraction of sp³-hybridized carbons (Fsp3) is 0.444. The van der Waals surface area contributed by atoms with E-state index >= 15 is 0 Å². The van der Waals surface area contributed by atoms with E-state index in [9.17, 15) is 4.57 Å². The minimum Gasteiger partial charge on any atom is -1.00 e. The second kappa shape index (κ2) is 11.5. The molecular formula is C18H26BrN2O3P. The summed E-state index contributed by atoms with van der Waals surface area (Å²) in [5, 5.41) is 0. The molecule has 2 aromatic heterocycles. The van der Waals surface area contributed by atoms with Gasteiger partial charge in [-0.25, -0.2) is 4.57 Å². The number of aryl methyl sites for hydroxylation is 3. The lowest BCUT2D eigenvalue weighted by Crippen LogP contribution is -3.00. The highest BCUT2D eigenvalue weighted by atomic mass is 79.9. The molecule has 7 heteroatoms. The zero-order valence-corrected chi connectivity index (χ0v) is 17.3. The van der Waals surface area contributed by atoms with Crippen LogP contribution in [0.1, 0.15) is 25.0 Å². The van der Waals surface area contributed by atoms with E-state index in [1.165, 1.54) is 11.1 Å². The van der Waals surface area contributed by atoms with E-state index in [-0.39, 0.29) is 17.0 Å². The molecule has 5 nitrogen and oxygen atoms in total. The first-order chi connectivity index (χ1) is 11.6. The molecule has 138 valence electrons. The van der Waals surface area contributed by atoms with Crippen molar-refractivity contribution in [3.05, 3.63) is 60.2 Å². The van der Waals surface area contributed by atoms with Gasteiger partial charge in [0.2, 0.25) is 0 Å². The summed E-state index contributed by atoms with van der Waals surface area (Å²) in [5.41, 5.74) is 2.57. The molecule has 0 spiro atoms. The summed E-state index contributed by atoms with van der Waals surface area (Å²) < 4.78 is 25.1. The van der Waals surface area contributed by atoms with Crippen LogP contribution in [0.4, 0.5) is 0 Å². The first-order valence-electron chi connectivity index (χ1n) is 8.40. The molecule has 0 bridgehead atoms. The molecule has 0 atom stereocenters. The van der Waals surface area contributed by atoms with Crippen LogP contribution >= 0.6 is 7.60 Å². The maximum atomic E-state index is 12.4. The Morgan fingerprint density at radius 2 is 1.48 bits per heavy atom. The number of halogens is 1. The van der Waals surface area contributed by atoms with Gasteiger partial charge in [0.25, 0.3) is 0 Å². The molecule has 0 saturated carbocycles. The maximum Gasteiger partial charge on any atom is 0.337 e. The third-order valence-electron chi connectivity index (χ3n) is 3.70. The predicted octanol–water partition coefficient (Wildman–Crippen LogP) is 0.424. The maximum absolute atomic E-state index is 12.4. The summed E-state index contributed by atoms with van der Waals surface area (Å²) >= 11 is 0. The molecule has 0 radical (unpaired) electrons. The van der Waals surface area contributed by atoms with Crippen LogP contribution < -0.4 is 21.5 Å². The van der Waals surface area contributed by atoms with Crippen molar-refractivity contribution >= 4 is 7.60 Å². The van der Waals surface area contributed by atoms with E-state index in [1.54, 1.807) is 0 Å². The average Bonchev–Trinajstić information content (AvgIpc) is 2.60. The molecule has 0 aliphatic rings. The molecule has 25 heavy (non-hydrogen) atoms. The largest absolute Gasteiger partial charge is 1.00 e. The molecule has 0 aromatic carbocycles. The quantitative estimate of drug-likeness (QED) is 0.406. The minimum absolute atomic E-state index is 0.